The highest BCUT2D eigenvalue weighted by molar-refractivity contribution is 5.78. The Hall–Kier alpha value is -3.71. The number of morpholine rings is 1. The van der Waals surface area contributed by atoms with Gasteiger partial charge in [0.25, 0.3) is 6.43 Å². The predicted molar refractivity (Wildman–Crippen MR) is 112 cm³/mol. The highest BCUT2D eigenvalue weighted by Crippen LogP contribution is 2.28. The highest BCUT2D eigenvalue weighted by Gasteiger charge is 2.33. The van der Waals surface area contributed by atoms with Crippen LogP contribution in [0, 0.1) is 0 Å². The number of nitrogens with one attached hydrogen (secondary N) is 1. The molecule has 2 aromatic heterocycles. The number of nitrogens with two attached hydrogens (primary N) is 2. The van der Waals surface area contributed by atoms with E-state index in [1.54, 1.807) is 24.3 Å². The summed E-state index contributed by atoms with van der Waals surface area (Å²) in [7, 11) is 0. The number of fused-ring (bicyclic) bond motifs is 1. The lowest BCUT2D eigenvalue weighted by atomic mass is 10.1. The van der Waals surface area contributed by atoms with Crippen molar-refractivity contribution in [1.82, 2.24) is 29.8 Å². The largest absolute Gasteiger partial charge is 0.383 e. The zero-order chi connectivity index (χ0) is 22.3. The molecule has 5 N–H and O–H groups in total. The van der Waals surface area contributed by atoms with E-state index in [0.29, 0.717) is 37.3 Å². The number of benzene rings is 1. The van der Waals surface area contributed by atoms with E-state index in [2.05, 4.69) is 30.2 Å². The molecule has 2 aliphatic rings. The summed E-state index contributed by atoms with van der Waals surface area (Å²) in [5.41, 5.74) is 11.5. The number of hydrogen-bond acceptors (Lipinski definition) is 10. The van der Waals surface area contributed by atoms with Gasteiger partial charge in [-0.1, -0.05) is 12.1 Å². The Bertz CT molecular complexity index is 1220. The Labute approximate surface area is 180 Å². The summed E-state index contributed by atoms with van der Waals surface area (Å²) in [6.07, 6.45) is -0.0574. The molecule has 0 aliphatic carbocycles. The second-order valence-electron chi connectivity index (χ2n) is 7.29. The molecule has 13 heteroatoms. The first-order chi connectivity index (χ1) is 15.4. The number of alkyl halides is 2. The summed E-state index contributed by atoms with van der Waals surface area (Å²) in [6, 6.07) is 6.78. The van der Waals surface area contributed by atoms with E-state index in [4.69, 9.17) is 16.2 Å². The maximum absolute atomic E-state index is 13.9. The third-order valence-electron chi connectivity index (χ3n) is 5.13. The molecule has 32 heavy (non-hydrogen) atoms. The summed E-state index contributed by atoms with van der Waals surface area (Å²) >= 11 is 0. The first-order valence-electron chi connectivity index (χ1n) is 9.87. The number of ether oxygens (including phenoxy) is 1. The highest BCUT2D eigenvalue weighted by atomic mass is 19.3. The molecule has 1 saturated heterocycles. The molecule has 5 rings (SSSR count). The van der Waals surface area contributed by atoms with Gasteiger partial charge in [0, 0.05) is 19.3 Å². The fraction of sp³-hybridized carbons (Fsp3) is 0.316. The van der Waals surface area contributed by atoms with Crippen LogP contribution in [-0.2, 0) is 10.4 Å². The third-order valence-corrected chi connectivity index (χ3v) is 5.13. The van der Waals surface area contributed by atoms with E-state index >= 15 is 0 Å². The van der Waals surface area contributed by atoms with Crippen LogP contribution in [0.4, 0.5) is 14.7 Å². The molecule has 4 heterocycles. The Balaban J connectivity index is 1.72. The molecule has 1 aromatic carbocycles. The van der Waals surface area contributed by atoms with Crippen LogP contribution in [0.25, 0.3) is 17.0 Å². The number of aromatic nitrogens is 5. The minimum Gasteiger partial charge on any atom is -0.383 e. The lowest BCUT2D eigenvalue weighted by Crippen LogP contribution is -2.53. The summed E-state index contributed by atoms with van der Waals surface area (Å²) in [4.78, 5) is 23.5. The second-order valence-corrected chi connectivity index (χ2v) is 7.29. The van der Waals surface area contributed by atoms with Crippen LogP contribution < -0.4 is 21.7 Å². The zero-order valence-corrected chi connectivity index (χ0v) is 16.8. The van der Waals surface area contributed by atoms with Crippen LogP contribution in [-0.4, -0.2) is 57.0 Å². The molecule has 1 unspecified atom stereocenters. The van der Waals surface area contributed by atoms with Crippen molar-refractivity contribution < 1.29 is 13.5 Å². The fourth-order valence-electron chi connectivity index (χ4n) is 3.51. The van der Waals surface area contributed by atoms with Crippen molar-refractivity contribution in [2.45, 2.75) is 12.1 Å². The van der Waals surface area contributed by atoms with Crippen molar-refractivity contribution >= 4 is 23.2 Å². The number of nitrogens with zero attached hydrogens (tertiary/aromatic N) is 7. The second kappa shape index (κ2) is 7.76. The van der Waals surface area contributed by atoms with E-state index in [0.717, 1.165) is 0 Å². The topological polar surface area (TPSA) is 145 Å². The van der Waals surface area contributed by atoms with Gasteiger partial charge in [0.15, 0.2) is 17.3 Å². The molecular formula is C19H20F2N10O. The quantitative estimate of drug-likeness (QED) is 0.527. The number of halogens is 2. The minimum atomic E-state index is -2.85. The van der Waals surface area contributed by atoms with Gasteiger partial charge in [-0.25, -0.2) is 18.8 Å². The zero-order valence-electron chi connectivity index (χ0n) is 16.8. The Morgan fingerprint density at radius 2 is 1.81 bits per heavy atom. The van der Waals surface area contributed by atoms with E-state index in [1.165, 1.54) is 17.0 Å². The molecule has 1 fully saturated rings. The molecule has 0 amide bonds. The van der Waals surface area contributed by atoms with Gasteiger partial charge in [-0.05, 0) is 12.1 Å². The van der Waals surface area contributed by atoms with Gasteiger partial charge in [0.1, 0.15) is 5.82 Å². The first-order valence-corrected chi connectivity index (χ1v) is 9.87. The van der Waals surface area contributed by atoms with E-state index in [9.17, 15) is 8.78 Å². The number of rotatable bonds is 4. The average molecular weight is 442 g/mol. The Kier molecular flexibility index (Phi) is 4.90. The molecule has 166 valence electrons. The average Bonchev–Trinajstić information content (AvgIpc) is 3.21. The SMILES string of the molecule is NC1=CNC(N)(c2nc(N3CCOCC3)nc(-n3c(C(F)F)nc4ccccc43)n2)C=N1. The van der Waals surface area contributed by atoms with Gasteiger partial charge < -0.3 is 20.7 Å². The van der Waals surface area contributed by atoms with Crippen LogP contribution in [0.1, 0.15) is 18.1 Å². The molecule has 0 saturated carbocycles. The summed E-state index contributed by atoms with van der Waals surface area (Å²) < 4.78 is 34.5. The van der Waals surface area contributed by atoms with Crippen LogP contribution in [0.5, 0.6) is 0 Å². The maximum Gasteiger partial charge on any atom is 0.296 e. The third kappa shape index (κ3) is 3.50. The van der Waals surface area contributed by atoms with Crippen molar-refractivity contribution in [2.24, 2.45) is 16.5 Å². The fourth-order valence-corrected chi connectivity index (χ4v) is 3.51. The minimum absolute atomic E-state index is 0.0250. The molecular weight excluding hydrogens is 422 g/mol. The van der Waals surface area contributed by atoms with Crippen molar-refractivity contribution in [3.63, 3.8) is 0 Å². The summed E-state index contributed by atoms with van der Waals surface area (Å²) in [5.74, 6) is 0.109. The molecule has 0 bridgehead atoms. The van der Waals surface area contributed by atoms with Crippen molar-refractivity contribution in [2.75, 3.05) is 31.2 Å². The number of hydrogen-bond donors (Lipinski definition) is 3. The van der Waals surface area contributed by atoms with Gasteiger partial charge in [0.2, 0.25) is 11.9 Å². The number of anilines is 1. The normalized spacial score (nSPS) is 21.1. The number of imidazole rings is 1. The first kappa shape index (κ1) is 20.2. The van der Waals surface area contributed by atoms with Crippen LogP contribution in [0.3, 0.4) is 0 Å². The smallest absolute Gasteiger partial charge is 0.296 e. The van der Waals surface area contributed by atoms with E-state index in [-0.39, 0.29) is 23.5 Å². The summed E-state index contributed by atoms with van der Waals surface area (Å²) in [6.45, 7) is 2.03. The Morgan fingerprint density at radius 1 is 1.06 bits per heavy atom. The summed E-state index contributed by atoms with van der Waals surface area (Å²) in [5, 5.41) is 2.91. The monoisotopic (exact) mass is 442 g/mol. The lowest BCUT2D eigenvalue weighted by molar-refractivity contribution is 0.122. The lowest BCUT2D eigenvalue weighted by Gasteiger charge is -2.30. The standard InChI is InChI=1S/C19H20F2N10O/c20-14(21)15-26-11-3-1-2-4-12(11)31(15)18-28-16(19(23)10-24-13(22)9-25-19)27-17(29-18)30-5-7-32-8-6-30/h1-4,9-10,14,25H,5-8,22-23H2. The van der Waals surface area contributed by atoms with E-state index < -0.39 is 17.9 Å². The molecule has 1 atom stereocenters. The van der Waals surface area contributed by atoms with Crippen molar-refractivity contribution in [1.29, 1.82) is 0 Å². The van der Waals surface area contributed by atoms with Crippen LogP contribution in [0.2, 0.25) is 0 Å². The predicted octanol–water partition coefficient (Wildman–Crippen LogP) is 0.528. The maximum atomic E-state index is 13.9. The van der Waals surface area contributed by atoms with E-state index in [1.807, 2.05) is 4.90 Å². The number of para-hydroxylation sites is 2. The van der Waals surface area contributed by atoms with Gasteiger partial charge in [0.05, 0.1) is 30.5 Å². The van der Waals surface area contributed by atoms with Crippen LogP contribution >= 0.6 is 0 Å². The van der Waals surface area contributed by atoms with Crippen molar-refractivity contribution in [3.05, 3.63) is 47.9 Å². The molecule has 11 nitrogen and oxygen atoms in total. The van der Waals surface area contributed by atoms with Crippen molar-refractivity contribution in [3.8, 4) is 5.95 Å². The Morgan fingerprint density at radius 3 is 2.53 bits per heavy atom. The van der Waals surface area contributed by atoms with Gasteiger partial charge in [-0.2, -0.15) is 15.0 Å². The van der Waals surface area contributed by atoms with Gasteiger partial charge in [-0.15, -0.1) is 0 Å². The molecule has 0 radical (unpaired) electrons. The molecule has 0 spiro atoms. The van der Waals surface area contributed by atoms with Gasteiger partial charge >= 0.3 is 0 Å². The number of aliphatic imine (C=N–C) groups is 1. The molecule has 3 aromatic rings. The molecule has 2 aliphatic heterocycles. The van der Waals surface area contributed by atoms with Crippen LogP contribution in [0.15, 0.2) is 41.3 Å². The van der Waals surface area contributed by atoms with Gasteiger partial charge in [-0.3, -0.25) is 10.3 Å².